The number of benzene rings is 3. The van der Waals surface area contributed by atoms with Gasteiger partial charge in [0.25, 0.3) is 5.56 Å². The third-order valence-electron chi connectivity index (χ3n) is 7.91. The van der Waals surface area contributed by atoms with E-state index in [4.69, 9.17) is 4.74 Å². The van der Waals surface area contributed by atoms with Crippen LogP contribution in [0.15, 0.2) is 95.9 Å². The van der Waals surface area contributed by atoms with Crippen molar-refractivity contribution < 1.29 is 27.5 Å². The Morgan fingerprint density at radius 1 is 1.02 bits per heavy atom. The van der Waals surface area contributed by atoms with Crippen LogP contribution in [0, 0.1) is 0 Å². The first-order valence-corrected chi connectivity index (χ1v) is 14.1. The molecule has 1 aromatic heterocycles. The Morgan fingerprint density at radius 2 is 1.68 bits per heavy atom. The van der Waals surface area contributed by atoms with Crippen LogP contribution < -0.4 is 15.8 Å². The monoisotopic (exact) mass is 604 g/mol. The van der Waals surface area contributed by atoms with Gasteiger partial charge in [-0.15, -0.1) is 0 Å². The second-order valence-corrected chi connectivity index (χ2v) is 11.0. The maximum absolute atomic E-state index is 14.2. The largest absolute Gasteiger partial charge is 0.444 e. The zero-order valence-electron chi connectivity index (χ0n) is 24.2. The van der Waals surface area contributed by atoms with Crippen molar-refractivity contribution in [2.24, 2.45) is 0 Å². The summed E-state index contributed by atoms with van der Waals surface area (Å²) in [5, 5.41) is 2.85. The van der Waals surface area contributed by atoms with Gasteiger partial charge in [0.05, 0.1) is 18.3 Å². The molecule has 4 aromatic rings. The van der Waals surface area contributed by atoms with Crippen molar-refractivity contribution in [3.63, 3.8) is 0 Å². The van der Waals surface area contributed by atoms with E-state index in [9.17, 15) is 27.6 Å². The number of para-hydroxylation sites is 1. The summed E-state index contributed by atoms with van der Waals surface area (Å²) in [6.45, 7) is 3.31. The maximum Gasteiger partial charge on any atom is 0.416 e. The summed E-state index contributed by atoms with van der Waals surface area (Å²) in [5.41, 5.74) is -1.05. The van der Waals surface area contributed by atoms with E-state index in [0.717, 1.165) is 17.0 Å². The van der Waals surface area contributed by atoms with E-state index >= 15 is 0 Å². The first kappa shape index (κ1) is 30.5. The molecule has 1 aliphatic heterocycles. The Labute approximate surface area is 252 Å². The first-order valence-electron chi connectivity index (χ1n) is 14.1. The fraction of sp³-hybridized carbons (Fsp3) is 0.273. The second-order valence-electron chi connectivity index (χ2n) is 11.0. The number of anilines is 2. The van der Waals surface area contributed by atoms with E-state index in [1.807, 2.05) is 19.9 Å². The number of halogens is 3. The highest BCUT2D eigenvalue weighted by atomic mass is 19.4. The molecule has 2 amide bonds. The average molecular weight is 605 g/mol. The third kappa shape index (κ3) is 6.36. The number of nitrogens with one attached hydrogen (secondary N) is 1. The van der Waals surface area contributed by atoms with Crippen LogP contribution in [0.4, 0.5) is 29.3 Å². The minimum Gasteiger partial charge on any atom is -0.444 e. The van der Waals surface area contributed by atoms with Crippen LogP contribution in [-0.4, -0.2) is 21.6 Å². The van der Waals surface area contributed by atoms with Gasteiger partial charge in [-0.2, -0.15) is 13.2 Å². The molecule has 2 atom stereocenters. The van der Waals surface area contributed by atoms with Gasteiger partial charge in [-0.3, -0.25) is 19.1 Å². The van der Waals surface area contributed by atoms with E-state index in [0.29, 0.717) is 29.9 Å². The molecule has 2 unspecified atom stereocenters. The van der Waals surface area contributed by atoms with E-state index in [1.54, 1.807) is 54.6 Å². The van der Waals surface area contributed by atoms with Crippen molar-refractivity contribution in [2.45, 2.75) is 57.5 Å². The van der Waals surface area contributed by atoms with Crippen molar-refractivity contribution in [1.29, 1.82) is 0 Å². The molecule has 0 saturated heterocycles. The molecule has 11 heteroatoms. The molecule has 0 bridgehead atoms. The Morgan fingerprint density at radius 3 is 2.34 bits per heavy atom. The number of aromatic nitrogens is 2. The molecule has 5 rings (SSSR count). The van der Waals surface area contributed by atoms with Gasteiger partial charge in [-0.05, 0) is 48.2 Å². The number of rotatable bonds is 8. The lowest BCUT2D eigenvalue weighted by Crippen LogP contribution is -2.39. The fourth-order valence-electron chi connectivity index (χ4n) is 5.32. The topological polar surface area (TPSA) is 93.5 Å². The summed E-state index contributed by atoms with van der Waals surface area (Å²) >= 11 is 0. The molecular weight excluding hydrogens is 573 g/mol. The van der Waals surface area contributed by atoms with Gasteiger partial charge in [0, 0.05) is 11.1 Å². The fourth-order valence-corrected chi connectivity index (χ4v) is 5.32. The van der Waals surface area contributed by atoms with Crippen LogP contribution in [0.1, 0.15) is 55.2 Å². The molecule has 44 heavy (non-hydrogen) atoms. The minimum atomic E-state index is -4.60. The van der Waals surface area contributed by atoms with Crippen LogP contribution in [0.2, 0.25) is 0 Å². The van der Waals surface area contributed by atoms with Gasteiger partial charge in [-0.25, -0.2) is 9.78 Å². The second kappa shape index (κ2) is 12.4. The van der Waals surface area contributed by atoms with Crippen molar-refractivity contribution in [2.75, 3.05) is 10.2 Å². The molecule has 3 aromatic carbocycles. The molecule has 2 heterocycles. The predicted octanol–water partition coefficient (Wildman–Crippen LogP) is 6.86. The summed E-state index contributed by atoms with van der Waals surface area (Å²) in [7, 11) is 0. The lowest BCUT2D eigenvalue weighted by molar-refractivity contribution is -0.137. The average Bonchev–Trinajstić information content (AvgIpc) is 3.33. The minimum absolute atomic E-state index is 0.123. The third-order valence-corrected chi connectivity index (χ3v) is 7.91. The summed E-state index contributed by atoms with van der Waals surface area (Å²) in [6, 6.07) is 21.2. The smallest absolute Gasteiger partial charge is 0.416 e. The Hall–Kier alpha value is -4.93. The Bertz CT molecular complexity index is 1710. The number of alkyl halides is 3. The summed E-state index contributed by atoms with van der Waals surface area (Å²) in [6.07, 6.45) is -3.45. The quantitative estimate of drug-likeness (QED) is 0.237. The molecule has 0 saturated carbocycles. The number of fused-ring (bicyclic) bond motifs is 1. The summed E-state index contributed by atoms with van der Waals surface area (Å²) < 4.78 is 47.3. The zero-order valence-corrected chi connectivity index (χ0v) is 24.2. The van der Waals surface area contributed by atoms with Gasteiger partial charge in [0.2, 0.25) is 5.91 Å². The van der Waals surface area contributed by atoms with Gasteiger partial charge in [0.15, 0.2) is 0 Å². The molecular formula is C33H31F3N4O4. The SMILES string of the molecule is CCC1(C)CC(C(=O)Nc2ccccc2)n2c1ncc(N(Cc1cccc(C(F)(F)F)c1)C(=O)OCc1ccccc1)c2=O. The van der Waals surface area contributed by atoms with Crippen LogP contribution in [-0.2, 0) is 34.3 Å². The number of nitrogens with zero attached hydrogens (tertiary/aromatic N) is 3. The van der Waals surface area contributed by atoms with E-state index < -0.39 is 47.3 Å². The standard InChI is InChI=1S/C33H31F3N4O4/c1-3-32(2)18-26(28(41)38-25-15-8-5-9-16-25)40-29(42)27(19-37-30(32)40)39(31(43)44-21-22-11-6-4-7-12-22)20-23-13-10-14-24(17-23)33(34,35)36/h4-17,19,26H,3,18,20-21H2,1-2H3,(H,38,41). The summed E-state index contributed by atoms with van der Waals surface area (Å²) in [4.78, 5) is 46.7. The Kier molecular flexibility index (Phi) is 8.57. The molecule has 228 valence electrons. The molecule has 0 radical (unpaired) electrons. The molecule has 0 spiro atoms. The van der Waals surface area contributed by atoms with Gasteiger partial charge >= 0.3 is 12.3 Å². The van der Waals surface area contributed by atoms with Crippen molar-refractivity contribution in [1.82, 2.24) is 9.55 Å². The lowest BCUT2D eigenvalue weighted by atomic mass is 9.83. The van der Waals surface area contributed by atoms with Crippen LogP contribution in [0.5, 0.6) is 0 Å². The van der Waals surface area contributed by atoms with E-state index in [1.165, 1.54) is 22.9 Å². The van der Waals surface area contributed by atoms with Gasteiger partial charge < -0.3 is 10.1 Å². The van der Waals surface area contributed by atoms with E-state index in [2.05, 4.69) is 10.3 Å². The van der Waals surface area contributed by atoms with Crippen LogP contribution in [0.25, 0.3) is 0 Å². The van der Waals surface area contributed by atoms with Gasteiger partial charge in [-0.1, -0.05) is 74.5 Å². The van der Waals surface area contributed by atoms with Crippen molar-refractivity contribution in [3.8, 4) is 0 Å². The molecule has 0 aliphatic carbocycles. The number of amides is 2. The molecule has 0 fully saturated rings. The van der Waals surface area contributed by atoms with Gasteiger partial charge in [0.1, 0.15) is 24.2 Å². The number of carbonyl (C=O) groups excluding carboxylic acids is 2. The number of ether oxygens (including phenoxy) is 1. The maximum atomic E-state index is 14.2. The normalized spacial score (nSPS) is 17.5. The molecule has 8 nitrogen and oxygen atoms in total. The van der Waals surface area contributed by atoms with Crippen LogP contribution >= 0.6 is 0 Å². The highest BCUT2D eigenvalue weighted by Gasteiger charge is 2.45. The summed E-state index contributed by atoms with van der Waals surface area (Å²) in [5.74, 6) is -0.0367. The van der Waals surface area contributed by atoms with Crippen molar-refractivity contribution in [3.05, 3.63) is 124 Å². The number of carbonyl (C=O) groups is 2. The zero-order chi connectivity index (χ0) is 31.5. The first-order chi connectivity index (χ1) is 21.0. The molecule has 1 N–H and O–H groups in total. The number of hydrogen-bond donors (Lipinski definition) is 1. The molecule has 1 aliphatic rings. The van der Waals surface area contributed by atoms with Crippen LogP contribution in [0.3, 0.4) is 0 Å². The number of hydrogen-bond acceptors (Lipinski definition) is 5. The Balaban J connectivity index is 1.55. The van der Waals surface area contributed by atoms with Crippen molar-refractivity contribution >= 4 is 23.4 Å². The lowest BCUT2D eigenvalue weighted by Gasteiger charge is -2.24. The highest BCUT2D eigenvalue weighted by molar-refractivity contribution is 5.94. The predicted molar refractivity (Wildman–Crippen MR) is 159 cm³/mol. The van der Waals surface area contributed by atoms with E-state index in [-0.39, 0.29) is 17.9 Å². The highest BCUT2D eigenvalue weighted by Crippen LogP contribution is 2.42.